The fourth-order valence-electron chi connectivity index (χ4n) is 3.52. The van der Waals surface area contributed by atoms with Gasteiger partial charge in [0.15, 0.2) is 11.5 Å². The molecule has 4 rings (SSSR count). The summed E-state index contributed by atoms with van der Waals surface area (Å²) in [7, 11) is -3.81. The number of hydrogen-bond donors (Lipinski definition) is 3. The van der Waals surface area contributed by atoms with E-state index < -0.39 is 38.8 Å². The van der Waals surface area contributed by atoms with E-state index in [1.54, 1.807) is 13.0 Å². The molecule has 0 spiro atoms. The van der Waals surface area contributed by atoms with E-state index in [2.05, 4.69) is 25.2 Å². The fraction of sp³-hybridized carbons (Fsp3) is 0.350. The summed E-state index contributed by atoms with van der Waals surface area (Å²) >= 11 is 0. The maximum atomic E-state index is 14.8. The van der Waals surface area contributed by atoms with Crippen molar-refractivity contribution in [2.75, 3.05) is 15.8 Å². The summed E-state index contributed by atoms with van der Waals surface area (Å²) in [6.07, 6.45) is 4.86. The van der Waals surface area contributed by atoms with Gasteiger partial charge < -0.3 is 5.32 Å². The van der Waals surface area contributed by atoms with E-state index in [1.165, 1.54) is 6.20 Å². The zero-order valence-corrected chi connectivity index (χ0v) is 17.5. The molecule has 11 heteroatoms. The van der Waals surface area contributed by atoms with Crippen LogP contribution in [0.15, 0.2) is 24.4 Å². The van der Waals surface area contributed by atoms with Gasteiger partial charge in [-0.25, -0.2) is 22.2 Å². The second kappa shape index (κ2) is 8.22. The molecule has 2 heterocycles. The number of nitrogens with zero attached hydrogens (tertiary/aromatic N) is 2. The highest BCUT2D eigenvalue weighted by Gasteiger charge is 2.25. The third kappa shape index (κ3) is 4.22. The van der Waals surface area contributed by atoms with Crippen LogP contribution in [0.25, 0.3) is 11.0 Å². The predicted molar refractivity (Wildman–Crippen MR) is 112 cm³/mol. The van der Waals surface area contributed by atoms with Crippen molar-refractivity contribution in [3.8, 4) is 0 Å². The summed E-state index contributed by atoms with van der Waals surface area (Å²) in [6, 6.07) is 3.44. The molecule has 0 saturated heterocycles. The predicted octanol–water partition coefficient (Wildman–Crippen LogP) is 3.91. The Bertz CT molecular complexity index is 1260. The molecule has 1 fully saturated rings. The van der Waals surface area contributed by atoms with Crippen LogP contribution in [0.5, 0.6) is 0 Å². The first-order chi connectivity index (χ1) is 14.8. The number of carbonyl (C=O) groups is 1. The van der Waals surface area contributed by atoms with E-state index in [4.69, 9.17) is 0 Å². The van der Waals surface area contributed by atoms with Crippen LogP contribution < -0.4 is 10.0 Å². The van der Waals surface area contributed by atoms with Crippen LogP contribution >= 0.6 is 0 Å². The Kier molecular flexibility index (Phi) is 5.61. The molecule has 1 saturated carbocycles. The van der Waals surface area contributed by atoms with Crippen LogP contribution in [-0.2, 0) is 10.0 Å². The van der Waals surface area contributed by atoms with Gasteiger partial charge in [-0.05, 0) is 37.5 Å². The Balaban J connectivity index is 1.62. The van der Waals surface area contributed by atoms with Crippen molar-refractivity contribution in [3.05, 3.63) is 47.3 Å². The number of H-pyrrole nitrogens is 1. The van der Waals surface area contributed by atoms with Crippen LogP contribution in [0.4, 0.5) is 20.2 Å². The number of fused-ring (bicyclic) bond motifs is 1. The lowest BCUT2D eigenvalue weighted by atomic mass is 9.82. The van der Waals surface area contributed by atoms with Gasteiger partial charge in [-0.1, -0.05) is 13.3 Å². The van der Waals surface area contributed by atoms with Gasteiger partial charge in [0.1, 0.15) is 11.4 Å². The van der Waals surface area contributed by atoms with Crippen LogP contribution in [0, 0.1) is 11.6 Å². The number of nitrogens with one attached hydrogen (secondary N) is 3. The van der Waals surface area contributed by atoms with Gasteiger partial charge in [-0.15, -0.1) is 0 Å². The highest BCUT2D eigenvalue weighted by atomic mass is 32.2. The van der Waals surface area contributed by atoms with E-state index in [1.807, 2.05) is 0 Å². The van der Waals surface area contributed by atoms with Crippen molar-refractivity contribution in [2.45, 2.75) is 38.5 Å². The number of halogens is 2. The molecule has 31 heavy (non-hydrogen) atoms. The second-order valence-corrected chi connectivity index (χ2v) is 9.36. The van der Waals surface area contributed by atoms with Gasteiger partial charge >= 0.3 is 0 Å². The topological polar surface area (TPSA) is 117 Å². The highest BCUT2D eigenvalue weighted by molar-refractivity contribution is 7.92. The molecule has 3 N–H and O–H groups in total. The Morgan fingerprint density at radius 1 is 1.29 bits per heavy atom. The second-order valence-electron chi connectivity index (χ2n) is 7.52. The zero-order valence-electron chi connectivity index (χ0n) is 16.7. The monoisotopic (exact) mass is 449 g/mol. The summed E-state index contributed by atoms with van der Waals surface area (Å²) < 4.78 is 55.0. The number of aromatic nitrogens is 3. The zero-order chi connectivity index (χ0) is 22.2. The first-order valence-corrected chi connectivity index (χ1v) is 11.6. The molecule has 3 aromatic rings. The van der Waals surface area contributed by atoms with Crippen LogP contribution in [0.3, 0.4) is 0 Å². The molecule has 1 aliphatic rings. The van der Waals surface area contributed by atoms with Crippen molar-refractivity contribution in [1.82, 2.24) is 15.2 Å². The molecule has 0 unspecified atom stereocenters. The lowest BCUT2D eigenvalue weighted by molar-refractivity contribution is 0.101. The van der Waals surface area contributed by atoms with Gasteiger partial charge in [0.25, 0.3) is 5.91 Å². The van der Waals surface area contributed by atoms with E-state index in [-0.39, 0.29) is 11.4 Å². The Labute approximate surface area is 177 Å². The number of carbonyl (C=O) groups excluding carboxylic acids is 1. The molecule has 1 aromatic carbocycles. The maximum absolute atomic E-state index is 14.8. The third-order valence-corrected chi connectivity index (χ3v) is 6.74. The van der Waals surface area contributed by atoms with Crippen LogP contribution in [0.1, 0.15) is 54.6 Å². The quantitative estimate of drug-likeness (QED) is 0.506. The molecular weight excluding hydrogens is 428 g/mol. The van der Waals surface area contributed by atoms with Crippen LogP contribution in [-0.4, -0.2) is 35.3 Å². The molecular formula is C20H21F2N5O3S. The summed E-state index contributed by atoms with van der Waals surface area (Å²) in [5.74, 6) is -3.34. The summed E-state index contributed by atoms with van der Waals surface area (Å²) in [5.41, 5.74) is 0.285. The van der Waals surface area contributed by atoms with Crippen molar-refractivity contribution >= 4 is 38.3 Å². The molecule has 1 amide bonds. The molecule has 164 valence electrons. The minimum absolute atomic E-state index is 0.231. The van der Waals surface area contributed by atoms with Gasteiger partial charge in [-0.3, -0.25) is 14.6 Å². The molecule has 0 radical (unpaired) electrons. The standard InChI is InChI=1S/C20H21F2N5O3S/c1-2-8-31(29,30)27-15-7-6-14(21)16(17(15)22)20(28)24-12-9-13-18(11-4-3-5-11)25-26-19(13)23-10-12/h6-7,9-11,27H,2-5,8H2,1H3,(H,24,28)(H,23,25,26). The smallest absolute Gasteiger partial charge is 0.261 e. The van der Waals surface area contributed by atoms with Gasteiger partial charge in [0.2, 0.25) is 10.0 Å². The lowest BCUT2D eigenvalue weighted by Gasteiger charge is -2.24. The molecule has 1 aliphatic carbocycles. The largest absolute Gasteiger partial charge is 0.320 e. The van der Waals surface area contributed by atoms with E-state index in [9.17, 15) is 22.0 Å². The normalized spacial score (nSPS) is 14.4. The molecule has 0 bridgehead atoms. The number of sulfonamides is 1. The number of aromatic amines is 1. The van der Waals surface area contributed by atoms with Crippen LogP contribution in [0.2, 0.25) is 0 Å². The van der Waals surface area contributed by atoms with Crippen molar-refractivity contribution in [2.24, 2.45) is 0 Å². The fourth-order valence-corrected chi connectivity index (χ4v) is 4.65. The first-order valence-electron chi connectivity index (χ1n) is 9.93. The lowest BCUT2D eigenvalue weighted by Crippen LogP contribution is -2.20. The average molecular weight is 449 g/mol. The molecule has 2 aromatic heterocycles. The SMILES string of the molecule is CCCS(=O)(=O)Nc1ccc(F)c(C(=O)Nc2cnc3n[nH]c(C4CCC4)c3c2)c1F. The minimum Gasteiger partial charge on any atom is -0.320 e. The van der Waals surface area contributed by atoms with E-state index in [0.717, 1.165) is 42.5 Å². The Morgan fingerprint density at radius 2 is 2.06 bits per heavy atom. The number of anilines is 2. The Morgan fingerprint density at radius 3 is 2.74 bits per heavy atom. The molecule has 0 atom stereocenters. The number of amides is 1. The van der Waals surface area contributed by atoms with Gasteiger partial charge in [0, 0.05) is 17.0 Å². The average Bonchev–Trinajstić information content (AvgIpc) is 3.06. The molecule has 8 nitrogen and oxygen atoms in total. The molecule has 0 aliphatic heterocycles. The number of benzene rings is 1. The maximum Gasteiger partial charge on any atom is 0.261 e. The summed E-state index contributed by atoms with van der Waals surface area (Å²) in [5, 5.41) is 10.3. The summed E-state index contributed by atoms with van der Waals surface area (Å²) in [6.45, 7) is 1.65. The number of rotatable bonds is 7. The minimum atomic E-state index is -3.81. The third-order valence-electron chi connectivity index (χ3n) is 5.27. The van der Waals surface area contributed by atoms with Crippen molar-refractivity contribution in [1.29, 1.82) is 0 Å². The summed E-state index contributed by atoms with van der Waals surface area (Å²) in [4.78, 5) is 16.8. The van der Waals surface area contributed by atoms with Gasteiger partial charge in [-0.2, -0.15) is 5.10 Å². The van der Waals surface area contributed by atoms with Crippen molar-refractivity contribution in [3.63, 3.8) is 0 Å². The first kappa shape index (κ1) is 21.2. The van der Waals surface area contributed by atoms with Gasteiger partial charge in [0.05, 0.1) is 23.3 Å². The van der Waals surface area contributed by atoms with E-state index in [0.29, 0.717) is 18.0 Å². The number of pyridine rings is 1. The van der Waals surface area contributed by atoms with Crippen molar-refractivity contribution < 1.29 is 22.0 Å². The number of hydrogen-bond acceptors (Lipinski definition) is 5. The highest BCUT2D eigenvalue weighted by Crippen LogP contribution is 2.38. The Hall–Kier alpha value is -3.08. The van der Waals surface area contributed by atoms with E-state index >= 15 is 0 Å².